The van der Waals surface area contributed by atoms with Gasteiger partial charge in [0.15, 0.2) is 0 Å². The Labute approximate surface area is 309 Å². The summed E-state index contributed by atoms with van der Waals surface area (Å²) in [6.07, 6.45) is 6.22. The van der Waals surface area contributed by atoms with E-state index in [1.54, 1.807) is 5.57 Å². The minimum absolute atomic E-state index is 0.0809. The van der Waals surface area contributed by atoms with Gasteiger partial charge in [0, 0.05) is 22.1 Å². The van der Waals surface area contributed by atoms with Gasteiger partial charge >= 0.3 is 0 Å². The molecule has 0 aliphatic heterocycles. The summed E-state index contributed by atoms with van der Waals surface area (Å²) >= 11 is 0. The highest BCUT2D eigenvalue weighted by Crippen LogP contribution is 2.68. The van der Waals surface area contributed by atoms with E-state index in [9.17, 15) is 0 Å². The molecule has 4 aliphatic carbocycles. The molecule has 1 heteroatoms. The fraction of sp³-hybridized carbons (Fsp3) is 0.255. The van der Waals surface area contributed by atoms with Gasteiger partial charge in [-0.2, -0.15) is 0 Å². The first-order valence-electron chi connectivity index (χ1n) is 19.3. The van der Waals surface area contributed by atoms with Gasteiger partial charge in [0.1, 0.15) is 0 Å². The molecule has 52 heavy (non-hydrogen) atoms. The second-order valence-electron chi connectivity index (χ2n) is 17.2. The molecule has 0 spiro atoms. The number of allylic oxidation sites excluding steroid dienone is 2. The molecule has 0 heterocycles. The molecule has 4 aliphatic rings. The molecule has 256 valence electrons. The molecule has 6 aromatic rings. The lowest BCUT2D eigenvalue weighted by atomic mass is 9.71. The Morgan fingerprint density at radius 3 is 1.83 bits per heavy atom. The highest BCUT2D eigenvalue weighted by Gasteiger charge is 2.52. The molecule has 0 N–H and O–H groups in total. The molecular formula is C51H47N. The Morgan fingerprint density at radius 2 is 1.12 bits per heavy atom. The van der Waals surface area contributed by atoms with Crippen molar-refractivity contribution >= 4 is 22.6 Å². The SMILES string of the molecule is CC1(C)c2ccccc2-c2c(N(c3ccccc3)c3c4c(c(-c5ccccc5)c5c3C(C)(C)C3CCCC=C53)-c3ccccc3C4(C)C)cccc21. The van der Waals surface area contributed by atoms with E-state index in [1.165, 1.54) is 96.7 Å². The van der Waals surface area contributed by atoms with Crippen LogP contribution in [0.25, 0.3) is 39.0 Å². The van der Waals surface area contributed by atoms with Crippen molar-refractivity contribution in [3.05, 3.63) is 167 Å². The number of rotatable bonds is 4. The van der Waals surface area contributed by atoms with Gasteiger partial charge in [0.25, 0.3) is 0 Å². The Bertz CT molecular complexity index is 2460. The maximum Gasteiger partial charge on any atom is 0.0553 e. The molecule has 0 amide bonds. The summed E-state index contributed by atoms with van der Waals surface area (Å²) in [6, 6.07) is 48.1. The molecule has 0 radical (unpaired) electrons. The molecular weight excluding hydrogens is 627 g/mol. The van der Waals surface area contributed by atoms with Crippen LogP contribution >= 0.6 is 0 Å². The topological polar surface area (TPSA) is 3.24 Å². The molecule has 1 unspecified atom stereocenters. The van der Waals surface area contributed by atoms with Gasteiger partial charge in [-0.05, 0) is 116 Å². The van der Waals surface area contributed by atoms with Gasteiger partial charge in [-0.1, -0.05) is 157 Å². The summed E-state index contributed by atoms with van der Waals surface area (Å²) in [6.45, 7) is 14.9. The van der Waals surface area contributed by atoms with Crippen LogP contribution in [0.1, 0.15) is 94.2 Å². The number of benzene rings is 6. The summed E-state index contributed by atoms with van der Waals surface area (Å²) in [5, 5.41) is 0. The smallest absolute Gasteiger partial charge is 0.0553 e. The van der Waals surface area contributed by atoms with Crippen molar-refractivity contribution in [3.63, 3.8) is 0 Å². The maximum atomic E-state index is 2.71. The van der Waals surface area contributed by atoms with Crippen LogP contribution in [0.5, 0.6) is 0 Å². The van der Waals surface area contributed by atoms with E-state index in [4.69, 9.17) is 0 Å². The zero-order valence-electron chi connectivity index (χ0n) is 31.3. The lowest BCUT2D eigenvalue weighted by Gasteiger charge is -2.39. The van der Waals surface area contributed by atoms with E-state index < -0.39 is 0 Å². The van der Waals surface area contributed by atoms with E-state index in [0.29, 0.717) is 5.92 Å². The maximum absolute atomic E-state index is 2.71. The van der Waals surface area contributed by atoms with Gasteiger partial charge in [-0.15, -0.1) is 0 Å². The zero-order valence-corrected chi connectivity index (χ0v) is 31.3. The van der Waals surface area contributed by atoms with Crippen molar-refractivity contribution in [3.8, 4) is 33.4 Å². The van der Waals surface area contributed by atoms with E-state index in [2.05, 4.69) is 180 Å². The van der Waals surface area contributed by atoms with Gasteiger partial charge in [-0.25, -0.2) is 0 Å². The first kappa shape index (κ1) is 31.6. The Morgan fingerprint density at radius 1 is 0.519 bits per heavy atom. The van der Waals surface area contributed by atoms with Crippen LogP contribution in [0.4, 0.5) is 17.1 Å². The summed E-state index contributed by atoms with van der Waals surface area (Å²) in [7, 11) is 0. The minimum Gasteiger partial charge on any atom is -0.309 e. The predicted molar refractivity (Wildman–Crippen MR) is 220 cm³/mol. The van der Waals surface area contributed by atoms with Crippen molar-refractivity contribution < 1.29 is 0 Å². The summed E-state index contributed by atoms with van der Waals surface area (Å²) in [4.78, 5) is 2.71. The Balaban J connectivity index is 1.43. The molecule has 0 saturated heterocycles. The zero-order chi connectivity index (χ0) is 35.6. The average Bonchev–Trinajstić information content (AvgIpc) is 3.66. The van der Waals surface area contributed by atoms with Crippen LogP contribution in [0.3, 0.4) is 0 Å². The molecule has 6 aromatic carbocycles. The van der Waals surface area contributed by atoms with Gasteiger partial charge < -0.3 is 4.90 Å². The number of para-hydroxylation sites is 1. The Kier molecular flexibility index (Phi) is 6.64. The van der Waals surface area contributed by atoms with E-state index in [-0.39, 0.29) is 16.2 Å². The number of nitrogens with zero attached hydrogens (tertiary/aromatic N) is 1. The molecule has 0 saturated carbocycles. The monoisotopic (exact) mass is 673 g/mol. The number of hydrogen-bond acceptors (Lipinski definition) is 1. The number of hydrogen-bond donors (Lipinski definition) is 0. The van der Waals surface area contributed by atoms with Crippen LogP contribution in [-0.4, -0.2) is 0 Å². The first-order chi connectivity index (χ1) is 25.1. The molecule has 1 atom stereocenters. The molecule has 0 bridgehead atoms. The fourth-order valence-corrected chi connectivity index (χ4v) is 11.0. The van der Waals surface area contributed by atoms with Crippen molar-refractivity contribution in [2.75, 3.05) is 4.90 Å². The van der Waals surface area contributed by atoms with Gasteiger partial charge in [-0.3, -0.25) is 0 Å². The quantitative estimate of drug-likeness (QED) is 0.180. The predicted octanol–water partition coefficient (Wildman–Crippen LogP) is 13.9. The van der Waals surface area contributed by atoms with Crippen molar-refractivity contribution in [2.45, 2.75) is 77.0 Å². The molecule has 0 aromatic heterocycles. The van der Waals surface area contributed by atoms with Crippen molar-refractivity contribution in [2.24, 2.45) is 5.92 Å². The van der Waals surface area contributed by atoms with Crippen molar-refractivity contribution in [1.29, 1.82) is 0 Å². The lowest BCUT2D eigenvalue weighted by Crippen LogP contribution is -2.29. The third kappa shape index (κ3) is 4.06. The standard InChI is InChI=1S/C51H47N/c1-49(2)37-27-16-13-24-34(37)43-40(49)30-19-31-41(43)52(33-22-11-8-12-23-33)48-46-44(35-25-14-17-28-38(35)50(46,3)4)42(32-20-9-7-10-21-32)45-36-26-15-18-29-39(36)51(5,6)47(45)48/h7-14,16-17,19-28,30-31,39H,15,18,29H2,1-6H3. The normalized spacial score (nSPS) is 19.1. The minimum atomic E-state index is -0.236. The van der Waals surface area contributed by atoms with Gasteiger partial charge in [0.2, 0.25) is 0 Å². The van der Waals surface area contributed by atoms with Crippen LogP contribution in [0.2, 0.25) is 0 Å². The highest BCUT2D eigenvalue weighted by molar-refractivity contribution is 6.08. The number of anilines is 3. The second kappa shape index (κ2) is 10.9. The fourth-order valence-electron chi connectivity index (χ4n) is 11.0. The summed E-state index contributed by atoms with van der Waals surface area (Å²) in [5.41, 5.74) is 21.9. The first-order valence-corrected chi connectivity index (χ1v) is 19.3. The molecule has 10 rings (SSSR count). The summed E-state index contributed by atoms with van der Waals surface area (Å²) < 4.78 is 0. The molecule has 1 nitrogen and oxygen atoms in total. The van der Waals surface area contributed by atoms with Gasteiger partial charge in [0.05, 0.1) is 11.4 Å². The van der Waals surface area contributed by atoms with E-state index >= 15 is 0 Å². The van der Waals surface area contributed by atoms with E-state index in [1.807, 2.05) is 0 Å². The van der Waals surface area contributed by atoms with Crippen molar-refractivity contribution in [1.82, 2.24) is 0 Å². The number of fused-ring (bicyclic) bond motifs is 9. The third-order valence-electron chi connectivity index (χ3n) is 13.3. The highest BCUT2D eigenvalue weighted by atomic mass is 15.2. The van der Waals surface area contributed by atoms with Crippen LogP contribution in [-0.2, 0) is 16.2 Å². The average molecular weight is 674 g/mol. The molecule has 0 fully saturated rings. The van der Waals surface area contributed by atoms with Crippen LogP contribution < -0.4 is 4.90 Å². The Hall–Kier alpha value is -5.14. The second-order valence-corrected chi connectivity index (χ2v) is 17.2. The van der Waals surface area contributed by atoms with Crippen LogP contribution in [0, 0.1) is 5.92 Å². The van der Waals surface area contributed by atoms with E-state index in [0.717, 1.165) is 6.42 Å². The lowest BCUT2D eigenvalue weighted by molar-refractivity contribution is 0.376. The largest absolute Gasteiger partial charge is 0.309 e. The van der Waals surface area contributed by atoms with Crippen LogP contribution in [0.15, 0.2) is 133 Å². The summed E-state index contributed by atoms with van der Waals surface area (Å²) in [5.74, 6) is 0.470. The third-order valence-corrected chi connectivity index (χ3v) is 13.3.